The van der Waals surface area contributed by atoms with Crippen LogP contribution >= 0.6 is 11.6 Å². The molecule has 1 aromatic rings. The van der Waals surface area contributed by atoms with Gasteiger partial charge in [0.1, 0.15) is 36.5 Å². The van der Waals surface area contributed by atoms with Crippen molar-refractivity contribution in [3.8, 4) is 0 Å². The number of aliphatic hydroxyl groups excluding tert-OH is 1. The molecule has 4 saturated heterocycles. The Hall–Kier alpha value is -3.61. The predicted molar refractivity (Wildman–Crippen MR) is 234 cm³/mol. The molecule has 15 atom stereocenters. The minimum absolute atomic E-state index is 0.0313. The van der Waals surface area contributed by atoms with E-state index in [1.165, 1.54) is 31.1 Å². The molecule has 0 radical (unpaired) electrons. The van der Waals surface area contributed by atoms with E-state index < -0.39 is 108 Å². The molecule has 0 aromatic heterocycles. The molecule has 1 N–H and O–H groups in total. The third-order valence-electron chi connectivity index (χ3n) is 14.6. The monoisotopic (exact) mass is 937 g/mol. The number of carbonyl (C=O) groups is 5. The summed E-state index contributed by atoms with van der Waals surface area (Å²) in [5, 5.41) is 11.9. The summed E-state index contributed by atoms with van der Waals surface area (Å²) in [4.78, 5) is 75.0. The second-order valence-electron chi connectivity index (χ2n) is 19.7. The zero-order chi connectivity index (χ0) is 47.9. The molecule has 1 aliphatic carbocycles. The van der Waals surface area contributed by atoms with Crippen LogP contribution in [0.4, 0.5) is 18.8 Å². The molecule has 5 aliphatic rings. The summed E-state index contributed by atoms with van der Waals surface area (Å²) in [5.41, 5.74) is -2.31. The third-order valence-corrected chi connectivity index (χ3v) is 14.9. The van der Waals surface area contributed by atoms with Crippen LogP contribution in [0.25, 0.3) is 0 Å². The lowest BCUT2D eigenvalue weighted by molar-refractivity contribution is -0.302. The number of ether oxygens (including phenoxy) is 7. The maximum absolute atomic E-state index is 15.0. The van der Waals surface area contributed by atoms with Crippen molar-refractivity contribution in [2.75, 3.05) is 33.9 Å². The van der Waals surface area contributed by atoms with Crippen LogP contribution in [0.1, 0.15) is 100.0 Å². The SMILES string of the molecule is CC[C@@H]1OC(=O)[C@H](C)[C@@H](OC(=O)N2C(=O)OC[C@@H]2C)[C@H](C)[C@@H](O[C@@H]2O[C@H](C)C[C@H](N(C)CC3CC3)[C@H]2O)[C@@](C)(OC)C[C@@H](C)C(=O)[C@@H](C)[C@H]2N(CCc3ccc(F)c(Cl)c3)C(=O)O[C@]12C. The number of Topliss-reactive ketones (excluding diaryl/α,β-unsaturated/α-hetero) is 1. The third kappa shape index (κ3) is 10.6. The zero-order valence-corrected chi connectivity index (χ0v) is 40.4. The number of hydrogen-bond donors (Lipinski definition) is 1. The average Bonchev–Trinajstić information content (AvgIpc) is 3.95. The van der Waals surface area contributed by atoms with E-state index in [0.717, 1.165) is 24.3 Å². The van der Waals surface area contributed by atoms with Crippen LogP contribution in [0.5, 0.6) is 0 Å². The van der Waals surface area contributed by atoms with Crippen LogP contribution in [-0.4, -0.2) is 150 Å². The summed E-state index contributed by atoms with van der Waals surface area (Å²) in [7, 11) is 3.44. The van der Waals surface area contributed by atoms with Gasteiger partial charge in [0, 0.05) is 44.0 Å². The Morgan fingerprint density at radius 2 is 1.74 bits per heavy atom. The van der Waals surface area contributed by atoms with Crippen LogP contribution in [0, 0.1) is 35.4 Å². The van der Waals surface area contributed by atoms with Crippen LogP contribution in [0.15, 0.2) is 18.2 Å². The van der Waals surface area contributed by atoms with E-state index in [2.05, 4.69) is 4.90 Å². The predicted octanol–water partition coefficient (Wildman–Crippen LogP) is 6.78. The number of fused-ring (bicyclic) bond motifs is 1. The molecular weight excluding hydrogens is 869 g/mol. The molecule has 1 aromatic carbocycles. The zero-order valence-electron chi connectivity index (χ0n) is 39.6. The maximum atomic E-state index is 15.0. The van der Waals surface area contributed by atoms with E-state index in [4.69, 9.17) is 44.8 Å². The molecule has 4 aliphatic heterocycles. The highest BCUT2D eigenvalue weighted by molar-refractivity contribution is 6.30. The number of methoxy groups -OCH3 is 1. The fourth-order valence-electron chi connectivity index (χ4n) is 10.7. The summed E-state index contributed by atoms with van der Waals surface area (Å²) >= 11 is 6.10. The molecule has 16 nitrogen and oxygen atoms in total. The minimum Gasteiger partial charge on any atom is -0.458 e. The maximum Gasteiger partial charge on any atom is 0.419 e. The molecule has 0 bridgehead atoms. The fourth-order valence-corrected chi connectivity index (χ4v) is 10.9. The Kier molecular flexibility index (Phi) is 15.9. The fraction of sp³-hybridized carbons (Fsp3) is 0.766. The Morgan fingerprint density at radius 3 is 2.34 bits per heavy atom. The van der Waals surface area contributed by atoms with Gasteiger partial charge in [-0.1, -0.05) is 45.4 Å². The molecule has 0 spiro atoms. The summed E-state index contributed by atoms with van der Waals surface area (Å²) in [6.07, 6.45) is -5.74. The summed E-state index contributed by atoms with van der Waals surface area (Å²) < 4.78 is 57.5. The first-order chi connectivity index (χ1) is 30.5. The number of aliphatic hydroxyl groups is 1. The van der Waals surface area contributed by atoms with Crippen LogP contribution < -0.4 is 0 Å². The lowest BCUT2D eigenvalue weighted by Crippen LogP contribution is -2.61. The normalized spacial score (nSPS) is 38.5. The number of rotatable bonds is 11. The summed E-state index contributed by atoms with van der Waals surface area (Å²) in [5.74, 6) is -4.94. The molecule has 65 heavy (non-hydrogen) atoms. The molecule has 0 unspecified atom stereocenters. The number of nitrogens with zero attached hydrogens (tertiary/aromatic N) is 3. The number of ketones is 1. The van der Waals surface area contributed by atoms with Crippen molar-refractivity contribution in [3.05, 3.63) is 34.6 Å². The van der Waals surface area contributed by atoms with Gasteiger partial charge in [-0.15, -0.1) is 0 Å². The Bertz CT molecular complexity index is 1930. The average molecular weight is 939 g/mol. The number of benzene rings is 1. The molecule has 1 saturated carbocycles. The Labute approximate surface area is 387 Å². The smallest absolute Gasteiger partial charge is 0.419 e. The van der Waals surface area contributed by atoms with E-state index >= 15 is 0 Å². The van der Waals surface area contributed by atoms with Gasteiger partial charge < -0.3 is 43.2 Å². The van der Waals surface area contributed by atoms with E-state index in [-0.39, 0.29) is 55.4 Å². The number of amides is 3. The van der Waals surface area contributed by atoms with Crippen molar-refractivity contribution < 1.29 is 66.6 Å². The number of halogens is 2. The van der Waals surface area contributed by atoms with Gasteiger partial charge in [0.05, 0.1) is 40.8 Å². The van der Waals surface area contributed by atoms with E-state index in [9.17, 15) is 33.5 Å². The van der Waals surface area contributed by atoms with Gasteiger partial charge >= 0.3 is 24.2 Å². The van der Waals surface area contributed by atoms with Crippen LogP contribution in [0.2, 0.25) is 5.02 Å². The number of cyclic esters (lactones) is 2. The Balaban J connectivity index is 1.42. The molecule has 3 amide bonds. The number of esters is 1. The van der Waals surface area contributed by atoms with Crippen LogP contribution in [0.3, 0.4) is 0 Å². The van der Waals surface area contributed by atoms with Crippen LogP contribution in [-0.2, 0) is 49.2 Å². The molecule has 6 rings (SSSR count). The van der Waals surface area contributed by atoms with Gasteiger partial charge in [0.25, 0.3) is 0 Å². The highest BCUT2D eigenvalue weighted by Crippen LogP contribution is 2.44. The topological polar surface area (TPSA) is 180 Å². The van der Waals surface area contributed by atoms with Crippen molar-refractivity contribution in [2.24, 2.45) is 29.6 Å². The molecule has 364 valence electrons. The molecule has 18 heteroatoms. The van der Waals surface area contributed by atoms with E-state index in [1.54, 1.807) is 54.5 Å². The van der Waals surface area contributed by atoms with Crippen molar-refractivity contribution in [2.45, 2.75) is 167 Å². The first-order valence-corrected chi connectivity index (χ1v) is 23.5. The number of likely N-dealkylation sites (N-methyl/N-ethyl adjacent to an activating group) is 1. The number of hydrogen-bond acceptors (Lipinski definition) is 14. The minimum atomic E-state index is -1.56. The second kappa shape index (κ2) is 20.3. The van der Waals surface area contributed by atoms with Gasteiger partial charge in [0.15, 0.2) is 11.9 Å². The molecule has 5 fully saturated rings. The van der Waals surface area contributed by atoms with Gasteiger partial charge in [-0.25, -0.2) is 23.7 Å². The quantitative estimate of drug-likeness (QED) is 0.181. The Morgan fingerprint density at radius 1 is 1.05 bits per heavy atom. The number of imide groups is 1. The summed E-state index contributed by atoms with van der Waals surface area (Å²) in [6, 6.07) is 2.34. The molecule has 4 heterocycles. The first kappa shape index (κ1) is 50.8. The highest BCUT2D eigenvalue weighted by Gasteiger charge is 2.61. The van der Waals surface area contributed by atoms with Gasteiger partial charge in [-0.3, -0.25) is 14.5 Å². The van der Waals surface area contributed by atoms with E-state index in [1.807, 2.05) is 14.0 Å². The number of carbonyl (C=O) groups excluding carboxylic acids is 5. The van der Waals surface area contributed by atoms with Gasteiger partial charge in [-0.05, 0) is 104 Å². The highest BCUT2D eigenvalue weighted by atomic mass is 35.5. The first-order valence-electron chi connectivity index (χ1n) is 23.1. The largest absolute Gasteiger partial charge is 0.458 e. The second-order valence-corrected chi connectivity index (χ2v) is 20.1. The van der Waals surface area contributed by atoms with Crippen molar-refractivity contribution in [1.82, 2.24) is 14.7 Å². The van der Waals surface area contributed by atoms with Crippen molar-refractivity contribution >= 4 is 41.6 Å². The standard InChI is InChI=1S/C47H69ClFN3O13/c1-12-35-47(9)39(51(43(56)65-47)18-17-30-15-16-33(49)32(48)20-30)27(5)36(53)24(2)21-46(8,59-11)40(64-42-37(54)34(19-26(4)61-42)50(10)22-31-13-14-31)28(6)38(29(7)41(55)62-35)63-45(58)52-25(3)23-60-44(52)57/h15-16,20,24-29,31,34-35,37-40,42,54H,12-14,17-19,21-23H2,1-11H3/t24-,25+,26-,27-,28+,29-,34+,35+,37-,38+,39-,40-,42+,46+,47-/m1/s1. The van der Waals surface area contributed by atoms with Crippen molar-refractivity contribution in [3.63, 3.8) is 0 Å². The summed E-state index contributed by atoms with van der Waals surface area (Å²) in [6.45, 7) is 16.2. The van der Waals surface area contributed by atoms with Gasteiger partial charge in [0.2, 0.25) is 0 Å². The van der Waals surface area contributed by atoms with Gasteiger partial charge in [-0.2, -0.15) is 0 Å². The van der Waals surface area contributed by atoms with Crippen molar-refractivity contribution in [1.29, 1.82) is 0 Å². The lowest BCUT2D eigenvalue weighted by Gasteiger charge is -2.48. The molecular formula is C47H69ClFN3O13. The lowest BCUT2D eigenvalue weighted by atomic mass is 9.73. The van der Waals surface area contributed by atoms with E-state index in [0.29, 0.717) is 17.9 Å².